The van der Waals surface area contributed by atoms with Crippen molar-refractivity contribution in [3.63, 3.8) is 0 Å². The summed E-state index contributed by atoms with van der Waals surface area (Å²) in [5, 5.41) is 2.87. The van der Waals surface area contributed by atoms with E-state index >= 15 is 0 Å². The first-order valence-electron chi connectivity index (χ1n) is 8.12. The first kappa shape index (κ1) is 17.4. The molecule has 6 nitrogen and oxygen atoms in total. The molecule has 1 unspecified atom stereocenters. The van der Waals surface area contributed by atoms with Crippen LogP contribution in [-0.4, -0.2) is 43.9 Å². The number of hydrogen-bond donors (Lipinski definition) is 1. The Morgan fingerprint density at radius 1 is 1.24 bits per heavy atom. The molecule has 2 aromatic rings. The van der Waals surface area contributed by atoms with Crippen LogP contribution in [0.15, 0.2) is 42.6 Å². The molecule has 132 valence electrons. The zero-order chi connectivity index (χ0) is 18.0. The lowest BCUT2D eigenvalue weighted by Crippen LogP contribution is -2.33. The number of aryl methyl sites for hydroxylation is 1. The molecular formula is C18H21N3O3S. The van der Waals surface area contributed by atoms with Gasteiger partial charge in [0, 0.05) is 25.0 Å². The molecule has 0 radical (unpaired) electrons. The van der Waals surface area contributed by atoms with Crippen molar-refractivity contribution in [2.24, 2.45) is 0 Å². The predicted octanol–water partition coefficient (Wildman–Crippen LogP) is 2.27. The number of hydrogen-bond acceptors (Lipinski definition) is 5. The number of rotatable bonds is 4. The molecule has 1 amide bonds. The van der Waals surface area contributed by atoms with E-state index in [-0.39, 0.29) is 23.5 Å². The molecule has 3 rings (SSSR count). The molecular weight excluding hydrogens is 338 g/mol. The van der Waals surface area contributed by atoms with Crippen LogP contribution in [0.25, 0.3) is 0 Å². The number of carbonyl (C=O) groups excluding carboxylic acids is 1. The lowest BCUT2D eigenvalue weighted by Gasteiger charge is -2.24. The van der Waals surface area contributed by atoms with Gasteiger partial charge in [-0.15, -0.1) is 0 Å². The third-order valence-corrected chi connectivity index (χ3v) is 6.27. The molecule has 0 spiro atoms. The van der Waals surface area contributed by atoms with Crippen LogP contribution in [0.1, 0.15) is 22.3 Å². The molecule has 25 heavy (non-hydrogen) atoms. The molecule has 7 heteroatoms. The maximum absolute atomic E-state index is 12.3. The summed E-state index contributed by atoms with van der Waals surface area (Å²) in [5.41, 5.74) is 2.21. The molecule has 1 aromatic heterocycles. The van der Waals surface area contributed by atoms with Gasteiger partial charge in [0.15, 0.2) is 9.84 Å². The largest absolute Gasteiger partial charge is 0.356 e. The van der Waals surface area contributed by atoms with Gasteiger partial charge in [0.2, 0.25) is 0 Å². The van der Waals surface area contributed by atoms with Gasteiger partial charge < -0.3 is 10.2 Å². The number of anilines is 2. The summed E-state index contributed by atoms with van der Waals surface area (Å²) in [7, 11) is -1.11. The Bertz CT molecular complexity index is 879. The van der Waals surface area contributed by atoms with Gasteiger partial charge in [-0.3, -0.25) is 4.79 Å². The molecule has 1 saturated heterocycles. The lowest BCUT2D eigenvalue weighted by molar-refractivity contribution is 0.102. The quantitative estimate of drug-likeness (QED) is 0.906. The average Bonchev–Trinajstić information content (AvgIpc) is 2.96. The summed E-state index contributed by atoms with van der Waals surface area (Å²) in [6.07, 6.45) is 2.12. The van der Waals surface area contributed by atoms with E-state index in [0.29, 0.717) is 17.8 Å². The van der Waals surface area contributed by atoms with Crippen LogP contribution in [-0.2, 0) is 9.84 Å². The summed E-state index contributed by atoms with van der Waals surface area (Å²) in [4.78, 5) is 18.5. The van der Waals surface area contributed by atoms with Gasteiger partial charge in [-0.1, -0.05) is 18.2 Å². The Morgan fingerprint density at radius 3 is 2.60 bits per heavy atom. The van der Waals surface area contributed by atoms with E-state index in [4.69, 9.17) is 0 Å². The Morgan fingerprint density at radius 2 is 2.00 bits per heavy atom. The minimum absolute atomic E-state index is 0.0656. The van der Waals surface area contributed by atoms with Crippen molar-refractivity contribution in [1.82, 2.24) is 4.98 Å². The Balaban J connectivity index is 1.69. The van der Waals surface area contributed by atoms with Crippen molar-refractivity contribution < 1.29 is 13.2 Å². The van der Waals surface area contributed by atoms with Crippen molar-refractivity contribution >= 4 is 27.2 Å². The molecule has 0 aliphatic carbocycles. The molecule has 1 atom stereocenters. The highest BCUT2D eigenvalue weighted by Crippen LogP contribution is 2.22. The normalized spacial score (nSPS) is 18.7. The number of carbonyl (C=O) groups is 1. The monoisotopic (exact) mass is 359 g/mol. The van der Waals surface area contributed by atoms with Crippen molar-refractivity contribution in [3.05, 3.63) is 53.7 Å². The first-order chi connectivity index (χ1) is 11.9. The maximum atomic E-state index is 12.3. The predicted molar refractivity (Wildman–Crippen MR) is 98.8 cm³/mol. The Kier molecular flexibility index (Phi) is 4.76. The topological polar surface area (TPSA) is 79.4 Å². The van der Waals surface area contributed by atoms with E-state index in [2.05, 4.69) is 10.3 Å². The van der Waals surface area contributed by atoms with Crippen molar-refractivity contribution in [1.29, 1.82) is 0 Å². The van der Waals surface area contributed by atoms with Crippen LogP contribution >= 0.6 is 0 Å². The summed E-state index contributed by atoms with van der Waals surface area (Å²) in [6, 6.07) is 11.0. The SMILES string of the molecule is Cc1ccccc1NC(=O)c1ccc(N(C)C2CCS(=O)(=O)C2)nc1. The van der Waals surface area contributed by atoms with Gasteiger partial charge in [0.1, 0.15) is 5.82 Å². The average molecular weight is 359 g/mol. The van der Waals surface area contributed by atoms with Gasteiger partial charge in [0.05, 0.1) is 17.1 Å². The second-order valence-corrected chi connectivity index (χ2v) is 8.57. The van der Waals surface area contributed by atoms with Crippen LogP contribution in [0.3, 0.4) is 0 Å². The van der Waals surface area contributed by atoms with Crippen LogP contribution in [0.4, 0.5) is 11.5 Å². The molecule has 0 bridgehead atoms. The van der Waals surface area contributed by atoms with Crippen LogP contribution < -0.4 is 10.2 Å². The summed E-state index contributed by atoms with van der Waals surface area (Å²) < 4.78 is 23.2. The minimum atomic E-state index is -2.94. The van der Waals surface area contributed by atoms with E-state index in [1.165, 1.54) is 6.20 Å². The number of benzene rings is 1. The molecule has 1 aliphatic heterocycles. The van der Waals surface area contributed by atoms with E-state index in [0.717, 1.165) is 11.3 Å². The smallest absolute Gasteiger partial charge is 0.257 e. The number of sulfone groups is 1. The van der Waals surface area contributed by atoms with Gasteiger partial charge in [-0.25, -0.2) is 13.4 Å². The van der Waals surface area contributed by atoms with Crippen molar-refractivity contribution in [2.75, 3.05) is 28.8 Å². The van der Waals surface area contributed by atoms with Gasteiger partial charge in [-0.05, 0) is 37.1 Å². The fourth-order valence-corrected chi connectivity index (χ4v) is 4.68. The van der Waals surface area contributed by atoms with E-state index in [1.807, 2.05) is 43.1 Å². The molecule has 1 fully saturated rings. The summed E-state index contributed by atoms with van der Waals surface area (Å²) >= 11 is 0. The van der Waals surface area contributed by atoms with E-state index in [1.54, 1.807) is 12.1 Å². The number of amides is 1. The van der Waals surface area contributed by atoms with Gasteiger partial charge in [0.25, 0.3) is 5.91 Å². The fraction of sp³-hybridized carbons (Fsp3) is 0.333. The van der Waals surface area contributed by atoms with Crippen LogP contribution in [0.5, 0.6) is 0 Å². The second-order valence-electron chi connectivity index (χ2n) is 6.34. The van der Waals surface area contributed by atoms with Crippen molar-refractivity contribution in [2.45, 2.75) is 19.4 Å². The minimum Gasteiger partial charge on any atom is -0.356 e. The number of pyridine rings is 1. The second kappa shape index (κ2) is 6.84. The van der Waals surface area contributed by atoms with Crippen LogP contribution in [0.2, 0.25) is 0 Å². The fourth-order valence-electron chi connectivity index (χ4n) is 2.90. The zero-order valence-corrected chi connectivity index (χ0v) is 15.1. The van der Waals surface area contributed by atoms with Gasteiger partial charge >= 0.3 is 0 Å². The standard InChI is InChI=1S/C18H21N3O3S/c1-13-5-3-4-6-16(13)20-18(22)14-7-8-17(19-11-14)21(2)15-9-10-25(23,24)12-15/h3-8,11,15H,9-10,12H2,1-2H3,(H,20,22). The number of nitrogens with one attached hydrogen (secondary N) is 1. The third-order valence-electron chi connectivity index (χ3n) is 4.52. The summed E-state index contributed by atoms with van der Waals surface area (Å²) in [6.45, 7) is 1.93. The molecule has 1 aromatic carbocycles. The highest BCUT2D eigenvalue weighted by atomic mass is 32.2. The Hall–Kier alpha value is -2.41. The molecule has 0 saturated carbocycles. The molecule has 1 aliphatic rings. The van der Waals surface area contributed by atoms with E-state index < -0.39 is 9.84 Å². The maximum Gasteiger partial charge on any atom is 0.257 e. The number of para-hydroxylation sites is 1. The Labute approximate surface area is 147 Å². The zero-order valence-electron chi connectivity index (χ0n) is 14.3. The number of nitrogens with zero attached hydrogens (tertiary/aromatic N) is 2. The van der Waals surface area contributed by atoms with Crippen LogP contribution in [0, 0.1) is 6.92 Å². The third kappa shape index (κ3) is 3.99. The number of aromatic nitrogens is 1. The highest BCUT2D eigenvalue weighted by molar-refractivity contribution is 7.91. The van der Waals surface area contributed by atoms with Gasteiger partial charge in [-0.2, -0.15) is 0 Å². The van der Waals surface area contributed by atoms with Crippen molar-refractivity contribution in [3.8, 4) is 0 Å². The molecule has 1 N–H and O–H groups in total. The van der Waals surface area contributed by atoms with E-state index in [9.17, 15) is 13.2 Å². The summed E-state index contributed by atoms with van der Waals surface area (Å²) in [5.74, 6) is 0.814. The highest BCUT2D eigenvalue weighted by Gasteiger charge is 2.31. The first-order valence-corrected chi connectivity index (χ1v) is 9.94. The molecule has 2 heterocycles. The lowest BCUT2D eigenvalue weighted by atomic mass is 10.2.